The molecule has 37 heavy (non-hydrogen) atoms. The Morgan fingerprint density at radius 2 is 1.68 bits per heavy atom. The number of halogens is 4. The average molecular weight is 540 g/mol. The van der Waals surface area contributed by atoms with Gasteiger partial charge >= 0.3 is 6.18 Å². The highest BCUT2D eigenvalue weighted by atomic mass is 35.5. The normalized spacial score (nSPS) is 18.1. The number of ether oxygens (including phenoxy) is 1. The Hall–Kier alpha value is -2.85. The zero-order chi connectivity index (χ0) is 26.6. The van der Waals surface area contributed by atoms with E-state index < -0.39 is 22.4 Å². The van der Waals surface area contributed by atoms with Crippen LogP contribution in [0.5, 0.6) is 5.75 Å². The van der Waals surface area contributed by atoms with Crippen molar-refractivity contribution in [1.82, 2.24) is 9.80 Å². The minimum absolute atomic E-state index is 0.0629. The van der Waals surface area contributed by atoms with Crippen molar-refractivity contribution >= 4 is 23.2 Å². The molecule has 0 spiro atoms. The van der Waals surface area contributed by atoms with E-state index in [1.807, 2.05) is 12.1 Å². The summed E-state index contributed by atoms with van der Waals surface area (Å²) < 4.78 is 45.3. The molecule has 0 atom stereocenters. The predicted octanol–water partition coefficient (Wildman–Crippen LogP) is 5.91. The van der Waals surface area contributed by atoms with Crippen molar-refractivity contribution < 1.29 is 27.6 Å². The van der Waals surface area contributed by atoms with E-state index in [4.69, 9.17) is 16.3 Å². The zero-order valence-corrected chi connectivity index (χ0v) is 21.0. The molecule has 200 valence electrons. The number of alkyl halides is 3. The van der Waals surface area contributed by atoms with Gasteiger partial charge in [0.15, 0.2) is 0 Å². The fraction of sp³-hybridized carbons (Fsp3) is 0.500. The van der Waals surface area contributed by atoms with Crippen LogP contribution in [0.2, 0.25) is 5.02 Å². The molecule has 0 aromatic heterocycles. The molecule has 1 amide bonds. The van der Waals surface area contributed by atoms with E-state index in [1.165, 1.54) is 11.6 Å². The number of piperidine rings is 2. The maximum absolute atomic E-state index is 13.2. The molecule has 2 saturated heterocycles. The number of carbonyl (C=O) groups is 1. The first-order valence-electron chi connectivity index (χ1n) is 12.4. The van der Waals surface area contributed by atoms with Crippen molar-refractivity contribution in [2.24, 2.45) is 0 Å². The van der Waals surface area contributed by atoms with Crippen molar-refractivity contribution in [1.29, 1.82) is 0 Å². The maximum Gasteiger partial charge on any atom is 0.423 e. The summed E-state index contributed by atoms with van der Waals surface area (Å²) in [5, 5.41) is 11.7. The van der Waals surface area contributed by atoms with Crippen LogP contribution in [0.1, 0.15) is 49.1 Å². The quantitative estimate of drug-likeness (QED) is 0.323. The summed E-state index contributed by atoms with van der Waals surface area (Å²) in [4.78, 5) is 26.7. The third kappa shape index (κ3) is 7.13. The van der Waals surface area contributed by atoms with E-state index >= 15 is 0 Å². The van der Waals surface area contributed by atoms with Crippen molar-refractivity contribution in [3.63, 3.8) is 0 Å². The van der Waals surface area contributed by atoms with Gasteiger partial charge in [-0.25, -0.2) is 0 Å². The molecule has 2 aliphatic heterocycles. The Balaban J connectivity index is 1.20. The van der Waals surface area contributed by atoms with Crippen LogP contribution in [0.15, 0.2) is 42.5 Å². The molecule has 2 heterocycles. The fourth-order valence-electron chi connectivity index (χ4n) is 5.03. The number of nitro benzene ring substituents is 1. The molecule has 2 fully saturated rings. The van der Waals surface area contributed by atoms with Gasteiger partial charge in [0.25, 0.3) is 5.69 Å². The highest BCUT2D eigenvalue weighted by Gasteiger charge is 2.39. The second-order valence-corrected chi connectivity index (χ2v) is 9.99. The Bertz CT molecular complexity index is 1100. The standard InChI is InChI=1S/C26H29ClF3N3O4/c27-20-3-1-18(2-4-20)19-7-12-31(13-8-19)14-11-25(34)32-15-9-21(10-16-32)37-22-5-6-24(33(35)36)23(17-22)26(28,29)30/h1-6,17,19,21H,7-16H2. The summed E-state index contributed by atoms with van der Waals surface area (Å²) in [6.45, 7) is 3.49. The number of hydrogen-bond acceptors (Lipinski definition) is 5. The van der Waals surface area contributed by atoms with Crippen LogP contribution in [0.25, 0.3) is 0 Å². The molecule has 0 bridgehead atoms. The third-order valence-electron chi connectivity index (χ3n) is 7.14. The molecule has 2 aromatic rings. The Kier molecular flexibility index (Phi) is 8.59. The summed E-state index contributed by atoms with van der Waals surface area (Å²) in [5.41, 5.74) is -1.04. The number of nitrogens with zero attached hydrogens (tertiary/aromatic N) is 3. The van der Waals surface area contributed by atoms with Gasteiger partial charge in [0.1, 0.15) is 17.4 Å². The number of hydrogen-bond donors (Lipinski definition) is 0. The van der Waals surface area contributed by atoms with Gasteiger partial charge in [0.2, 0.25) is 5.91 Å². The summed E-state index contributed by atoms with van der Waals surface area (Å²) >= 11 is 5.98. The van der Waals surface area contributed by atoms with Gasteiger partial charge in [-0.05, 0) is 61.7 Å². The lowest BCUT2D eigenvalue weighted by Gasteiger charge is -2.34. The largest absolute Gasteiger partial charge is 0.490 e. The van der Waals surface area contributed by atoms with Gasteiger partial charge in [-0.3, -0.25) is 14.9 Å². The molecule has 4 rings (SSSR count). The fourth-order valence-corrected chi connectivity index (χ4v) is 5.15. The molecule has 0 saturated carbocycles. The van der Waals surface area contributed by atoms with E-state index in [0.717, 1.165) is 37.0 Å². The monoisotopic (exact) mass is 539 g/mol. The van der Waals surface area contributed by atoms with Crippen LogP contribution in [0.4, 0.5) is 18.9 Å². The van der Waals surface area contributed by atoms with Crippen molar-refractivity contribution in [3.05, 3.63) is 68.7 Å². The molecule has 0 N–H and O–H groups in total. The van der Waals surface area contributed by atoms with Crippen LogP contribution in [0.3, 0.4) is 0 Å². The van der Waals surface area contributed by atoms with Gasteiger partial charge in [-0.1, -0.05) is 23.7 Å². The maximum atomic E-state index is 13.2. The summed E-state index contributed by atoms with van der Waals surface area (Å²) in [6, 6.07) is 10.7. The zero-order valence-electron chi connectivity index (χ0n) is 20.3. The summed E-state index contributed by atoms with van der Waals surface area (Å²) in [7, 11) is 0. The average Bonchev–Trinajstić information content (AvgIpc) is 2.88. The van der Waals surface area contributed by atoms with Crippen molar-refractivity contribution in [3.8, 4) is 5.75 Å². The van der Waals surface area contributed by atoms with Crippen LogP contribution in [-0.2, 0) is 11.0 Å². The lowest BCUT2D eigenvalue weighted by Crippen LogP contribution is -2.43. The van der Waals surface area contributed by atoms with E-state index in [0.29, 0.717) is 50.9 Å². The molecule has 7 nitrogen and oxygen atoms in total. The Labute approximate surface area is 218 Å². The molecular weight excluding hydrogens is 511 g/mol. The van der Waals surface area contributed by atoms with E-state index in [-0.39, 0.29) is 17.8 Å². The minimum Gasteiger partial charge on any atom is -0.490 e. The van der Waals surface area contributed by atoms with E-state index in [2.05, 4.69) is 17.0 Å². The predicted molar refractivity (Wildman–Crippen MR) is 133 cm³/mol. The van der Waals surface area contributed by atoms with Gasteiger partial charge in [-0.2, -0.15) is 13.2 Å². The minimum atomic E-state index is -4.86. The number of likely N-dealkylation sites (tertiary alicyclic amines) is 2. The lowest BCUT2D eigenvalue weighted by molar-refractivity contribution is -0.388. The van der Waals surface area contributed by atoms with Gasteiger partial charge in [0, 0.05) is 50.0 Å². The smallest absolute Gasteiger partial charge is 0.423 e. The van der Waals surface area contributed by atoms with Gasteiger partial charge in [-0.15, -0.1) is 0 Å². The first kappa shape index (κ1) is 27.2. The van der Waals surface area contributed by atoms with Crippen LogP contribution in [0, 0.1) is 10.1 Å². The summed E-state index contributed by atoms with van der Waals surface area (Å²) in [6.07, 6.45) is -1.75. The molecular formula is C26H29ClF3N3O4. The second kappa shape index (κ2) is 11.7. The highest BCUT2D eigenvalue weighted by Crippen LogP contribution is 2.38. The number of nitro groups is 1. The SMILES string of the molecule is O=C(CCN1CCC(c2ccc(Cl)cc2)CC1)N1CCC(Oc2ccc([N+](=O)[O-])c(C(F)(F)F)c2)CC1. The summed E-state index contributed by atoms with van der Waals surface area (Å²) in [5.74, 6) is 0.504. The molecule has 2 aliphatic rings. The molecule has 0 radical (unpaired) electrons. The van der Waals surface area contributed by atoms with E-state index in [1.54, 1.807) is 4.90 Å². The first-order chi connectivity index (χ1) is 17.6. The van der Waals surface area contributed by atoms with Crippen LogP contribution >= 0.6 is 11.6 Å². The van der Waals surface area contributed by atoms with Gasteiger partial charge < -0.3 is 14.5 Å². The molecule has 0 unspecified atom stereocenters. The van der Waals surface area contributed by atoms with Crippen molar-refractivity contribution in [2.45, 2.75) is 50.3 Å². The molecule has 11 heteroatoms. The molecule has 2 aromatic carbocycles. The second-order valence-electron chi connectivity index (χ2n) is 9.55. The number of carbonyl (C=O) groups excluding carboxylic acids is 1. The van der Waals surface area contributed by atoms with E-state index in [9.17, 15) is 28.1 Å². The first-order valence-corrected chi connectivity index (χ1v) is 12.8. The van der Waals surface area contributed by atoms with Gasteiger partial charge in [0.05, 0.1) is 4.92 Å². The third-order valence-corrected chi connectivity index (χ3v) is 7.39. The number of amides is 1. The number of benzene rings is 2. The van der Waals surface area contributed by atoms with Crippen LogP contribution < -0.4 is 4.74 Å². The topological polar surface area (TPSA) is 75.9 Å². The number of rotatable bonds is 7. The highest BCUT2D eigenvalue weighted by molar-refractivity contribution is 6.30. The van der Waals surface area contributed by atoms with Crippen LogP contribution in [-0.4, -0.2) is 59.5 Å². The Morgan fingerprint density at radius 1 is 1.03 bits per heavy atom. The molecule has 0 aliphatic carbocycles. The van der Waals surface area contributed by atoms with Crippen molar-refractivity contribution in [2.75, 3.05) is 32.7 Å². The Morgan fingerprint density at radius 3 is 2.27 bits per heavy atom. The lowest BCUT2D eigenvalue weighted by atomic mass is 9.89.